The highest BCUT2D eigenvalue weighted by molar-refractivity contribution is 5.96. The molecule has 1 aliphatic carbocycles. The fourth-order valence-electron chi connectivity index (χ4n) is 1.85. The average molecular weight is 235 g/mol. The molecule has 0 aromatic carbocycles. The number of likely N-dealkylation sites (N-methyl/N-ethyl adjacent to an activating group) is 1. The Morgan fingerprint density at radius 3 is 2.53 bits per heavy atom. The van der Waals surface area contributed by atoms with Gasteiger partial charge in [0.1, 0.15) is 0 Å². The van der Waals surface area contributed by atoms with Gasteiger partial charge in [0.25, 0.3) is 5.91 Å². The molecule has 0 aromatic heterocycles. The monoisotopic (exact) mass is 235 g/mol. The minimum absolute atomic E-state index is 0.115. The van der Waals surface area contributed by atoms with Crippen LogP contribution in [0.15, 0.2) is 35.5 Å². The molecule has 4 nitrogen and oxygen atoms in total. The number of nitrogens with one attached hydrogen (secondary N) is 3. The van der Waals surface area contributed by atoms with Crippen LogP contribution in [0.5, 0.6) is 0 Å². The van der Waals surface area contributed by atoms with Crippen LogP contribution in [0, 0.1) is 5.41 Å². The second-order valence-electron chi connectivity index (χ2n) is 4.71. The van der Waals surface area contributed by atoms with Gasteiger partial charge in [-0.05, 0) is 18.7 Å². The summed E-state index contributed by atoms with van der Waals surface area (Å²) >= 11 is 0. The van der Waals surface area contributed by atoms with Crippen molar-refractivity contribution in [3.63, 3.8) is 0 Å². The van der Waals surface area contributed by atoms with Gasteiger partial charge in [-0.1, -0.05) is 32.1 Å². The van der Waals surface area contributed by atoms with Gasteiger partial charge in [0, 0.05) is 24.6 Å². The van der Waals surface area contributed by atoms with Gasteiger partial charge in [-0.15, -0.1) is 0 Å². The maximum absolute atomic E-state index is 11.8. The Morgan fingerprint density at radius 2 is 1.94 bits per heavy atom. The van der Waals surface area contributed by atoms with Crippen LogP contribution in [0.4, 0.5) is 0 Å². The number of carbonyl (C=O) groups is 1. The standard InChI is InChI=1S/C13H21N3O/c1-13(2)7-10(9-14-3)5-6-11(8-13)12(17)16-15-4/h5-8,14-15H,9H2,1-4H3,(H,16,17). The van der Waals surface area contributed by atoms with Crippen molar-refractivity contribution in [3.8, 4) is 0 Å². The molecule has 0 saturated carbocycles. The molecule has 0 atom stereocenters. The van der Waals surface area contributed by atoms with Crippen molar-refractivity contribution in [2.75, 3.05) is 20.6 Å². The van der Waals surface area contributed by atoms with Gasteiger partial charge in [-0.3, -0.25) is 10.2 Å². The minimum Gasteiger partial charge on any atom is -0.316 e. The quantitative estimate of drug-likeness (QED) is 0.635. The van der Waals surface area contributed by atoms with E-state index < -0.39 is 0 Å². The first kappa shape index (κ1) is 13.7. The minimum atomic E-state index is -0.129. The zero-order valence-electron chi connectivity index (χ0n) is 10.9. The molecular formula is C13H21N3O. The summed E-state index contributed by atoms with van der Waals surface area (Å²) in [5.74, 6) is -0.115. The van der Waals surface area contributed by atoms with Crippen molar-refractivity contribution >= 4 is 5.91 Å². The zero-order chi connectivity index (χ0) is 12.9. The smallest absolute Gasteiger partial charge is 0.265 e. The lowest BCUT2D eigenvalue weighted by atomic mass is 9.89. The first-order chi connectivity index (χ1) is 7.98. The number of amides is 1. The SMILES string of the molecule is CNCC1=CC(C)(C)C=C(C(=O)NNC)C=C1. The molecule has 0 saturated heterocycles. The zero-order valence-corrected chi connectivity index (χ0v) is 10.9. The van der Waals surface area contributed by atoms with E-state index in [2.05, 4.69) is 36.1 Å². The lowest BCUT2D eigenvalue weighted by molar-refractivity contribution is -0.118. The molecule has 0 bridgehead atoms. The summed E-state index contributed by atoms with van der Waals surface area (Å²) in [7, 11) is 3.59. The van der Waals surface area contributed by atoms with E-state index in [1.54, 1.807) is 7.05 Å². The highest BCUT2D eigenvalue weighted by Gasteiger charge is 2.18. The molecule has 94 valence electrons. The third-order valence-corrected chi connectivity index (χ3v) is 2.44. The molecule has 17 heavy (non-hydrogen) atoms. The van der Waals surface area contributed by atoms with Gasteiger partial charge >= 0.3 is 0 Å². The number of rotatable bonds is 4. The number of allylic oxidation sites excluding steroid dienone is 2. The second-order valence-corrected chi connectivity index (χ2v) is 4.71. The van der Waals surface area contributed by atoms with Crippen LogP contribution < -0.4 is 16.2 Å². The Balaban J connectivity index is 2.95. The van der Waals surface area contributed by atoms with Gasteiger partial charge < -0.3 is 5.32 Å². The Hall–Kier alpha value is -1.39. The van der Waals surface area contributed by atoms with E-state index in [0.29, 0.717) is 5.57 Å². The Kier molecular flexibility index (Phi) is 4.66. The molecule has 3 N–H and O–H groups in total. The molecule has 0 unspecified atom stereocenters. The van der Waals surface area contributed by atoms with E-state index in [-0.39, 0.29) is 11.3 Å². The fraction of sp³-hybridized carbons (Fsp3) is 0.462. The number of hydrogen-bond donors (Lipinski definition) is 3. The maximum Gasteiger partial charge on any atom is 0.265 e. The molecule has 0 aliphatic heterocycles. The normalized spacial score (nSPS) is 18.1. The molecule has 0 spiro atoms. The first-order valence-corrected chi connectivity index (χ1v) is 5.73. The number of hydrazine groups is 1. The molecule has 0 fully saturated rings. The van der Waals surface area contributed by atoms with Gasteiger partial charge in [-0.25, -0.2) is 5.43 Å². The summed E-state index contributed by atoms with van der Waals surface area (Å²) in [5.41, 5.74) is 6.95. The lowest BCUT2D eigenvalue weighted by Gasteiger charge is -2.16. The average Bonchev–Trinajstić information content (AvgIpc) is 2.37. The molecule has 0 radical (unpaired) electrons. The summed E-state index contributed by atoms with van der Waals surface area (Å²) in [6, 6.07) is 0. The van der Waals surface area contributed by atoms with Crippen molar-refractivity contribution in [2.45, 2.75) is 13.8 Å². The van der Waals surface area contributed by atoms with E-state index in [1.807, 2.05) is 25.3 Å². The van der Waals surface area contributed by atoms with Crippen molar-refractivity contribution in [3.05, 3.63) is 35.5 Å². The summed E-state index contributed by atoms with van der Waals surface area (Å²) in [4.78, 5) is 11.8. The van der Waals surface area contributed by atoms with Gasteiger partial charge in [-0.2, -0.15) is 0 Å². The Labute approximate surface area is 103 Å². The van der Waals surface area contributed by atoms with Gasteiger partial charge in [0.05, 0.1) is 0 Å². The third-order valence-electron chi connectivity index (χ3n) is 2.44. The molecule has 1 amide bonds. The van der Waals surface area contributed by atoms with Crippen molar-refractivity contribution < 1.29 is 4.79 Å². The summed E-state index contributed by atoms with van der Waals surface area (Å²) in [6.45, 7) is 4.97. The van der Waals surface area contributed by atoms with Crippen LogP contribution in [0.2, 0.25) is 0 Å². The van der Waals surface area contributed by atoms with Crippen LogP contribution in [-0.4, -0.2) is 26.5 Å². The van der Waals surface area contributed by atoms with E-state index in [0.717, 1.165) is 6.54 Å². The Morgan fingerprint density at radius 1 is 1.24 bits per heavy atom. The predicted molar refractivity (Wildman–Crippen MR) is 70.2 cm³/mol. The molecule has 4 heteroatoms. The largest absolute Gasteiger partial charge is 0.316 e. The van der Waals surface area contributed by atoms with Crippen molar-refractivity contribution in [1.29, 1.82) is 0 Å². The van der Waals surface area contributed by atoms with Gasteiger partial charge in [0.2, 0.25) is 0 Å². The second kappa shape index (κ2) is 5.80. The summed E-state index contributed by atoms with van der Waals surface area (Å²) < 4.78 is 0. The van der Waals surface area contributed by atoms with Crippen LogP contribution in [0.3, 0.4) is 0 Å². The van der Waals surface area contributed by atoms with Crippen LogP contribution >= 0.6 is 0 Å². The molecule has 1 rings (SSSR count). The maximum atomic E-state index is 11.8. The van der Waals surface area contributed by atoms with E-state index in [9.17, 15) is 4.79 Å². The first-order valence-electron chi connectivity index (χ1n) is 5.73. The van der Waals surface area contributed by atoms with E-state index >= 15 is 0 Å². The van der Waals surface area contributed by atoms with Crippen molar-refractivity contribution in [2.24, 2.45) is 5.41 Å². The number of carbonyl (C=O) groups excluding carboxylic acids is 1. The van der Waals surface area contributed by atoms with E-state index in [4.69, 9.17) is 0 Å². The summed E-state index contributed by atoms with van der Waals surface area (Å²) in [5, 5.41) is 3.12. The van der Waals surface area contributed by atoms with Crippen LogP contribution in [0.1, 0.15) is 13.8 Å². The van der Waals surface area contributed by atoms with Crippen molar-refractivity contribution in [1.82, 2.24) is 16.2 Å². The van der Waals surface area contributed by atoms with Gasteiger partial charge in [0.15, 0.2) is 0 Å². The molecule has 0 aromatic rings. The molecular weight excluding hydrogens is 214 g/mol. The number of hydrogen-bond acceptors (Lipinski definition) is 3. The molecule has 1 aliphatic rings. The summed E-state index contributed by atoms with van der Waals surface area (Å²) in [6.07, 6.45) is 7.97. The predicted octanol–water partition coefficient (Wildman–Crippen LogP) is 0.905. The van der Waals surface area contributed by atoms with Crippen LogP contribution in [-0.2, 0) is 4.79 Å². The van der Waals surface area contributed by atoms with Crippen LogP contribution in [0.25, 0.3) is 0 Å². The Bertz CT molecular complexity index is 378. The third kappa shape index (κ3) is 4.17. The van der Waals surface area contributed by atoms with E-state index in [1.165, 1.54) is 5.57 Å². The highest BCUT2D eigenvalue weighted by Crippen LogP contribution is 2.26. The highest BCUT2D eigenvalue weighted by atomic mass is 16.2. The fourth-order valence-corrected chi connectivity index (χ4v) is 1.85. The topological polar surface area (TPSA) is 53.2 Å². The lowest BCUT2D eigenvalue weighted by Crippen LogP contribution is -2.35. The molecule has 0 heterocycles.